The molecule has 0 spiro atoms. The monoisotopic (exact) mass is 300 g/mol. The van der Waals surface area contributed by atoms with E-state index in [9.17, 15) is 0 Å². The lowest BCUT2D eigenvalue weighted by atomic mass is 9.86. The van der Waals surface area contributed by atoms with E-state index >= 15 is 0 Å². The predicted molar refractivity (Wildman–Crippen MR) is 101 cm³/mol. The molecule has 0 aromatic rings. The molecule has 22 heavy (non-hydrogen) atoms. The number of allylic oxidation sites excluding steroid dienone is 8. The molecule has 2 unspecified atom stereocenters. The van der Waals surface area contributed by atoms with Gasteiger partial charge in [0.1, 0.15) is 0 Å². The summed E-state index contributed by atoms with van der Waals surface area (Å²) in [6.45, 7) is 22.8. The van der Waals surface area contributed by atoms with Crippen LogP contribution in [-0.4, -0.2) is 0 Å². The van der Waals surface area contributed by atoms with Crippen LogP contribution in [-0.2, 0) is 0 Å². The summed E-state index contributed by atoms with van der Waals surface area (Å²) in [5.41, 5.74) is 12.6. The van der Waals surface area contributed by atoms with Crippen molar-refractivity contribution in [2.75, 3.05) is 0 Å². The lowest BCUT2D eigenvalue weighted by Gasteiger charge is -2.18. The number of hydrogen-bond donors (Lipinski definition) is 0. The molecule has 0 radical (unpaired) electrons. The van der Waals surface area contributed by atoms with Crippen molar-refractivity contribution < 1.29 is 0 Å². The Kier molecular flexibility index (Phi) is 6.47. The molecular weight excluding hydrogens is 264 g/mol. The maximum atomic E-state index is 2.37. The fourth-order valence-electron chi connectivity index (χ4n) is 3.67. The molecule has 0 heterocycles. The Morgan fingerprint density at radius 3 is 1.05 bits per heavy atom. The van der Waals surface area contributed by atoms with Crippen molar-refractivity contribution in [1.82, 2.24) is 0 Å². The second-order valence-corrected chi connectivity index (χ2v) is 7.24. The minimum atomic E-state index is 0.633. The van der Waals surface area contributed by atoms with Crippen LogP contribution in [0.2, 0.25) is 0 Å². The highest BCUT2D eigenvalue weighted by Gasteiger charge is 2.29. The molecule has 0 saturated heterocycles. The molecule has 0 bridgehead atoms. The van der Waals surface area contributed by atoms with Crippen molar-refractivity contribution in [3.8, 4) is 0 Å². The molecule has 0 nitrogen and oxygen atoms in total. The van der Waals surface area contributed by atoms with E-state index in [1.165, 1.54) is 24.0 Å². The number of hydrogen-bond acceptors (Lipinski definition) is 0. The van der Waals surface area contributed by atoms with E-state index in [0.29, 0.717) is 11.8 Å². The largest absolute Gasteiger partial charge is 0.0656 e. The van der Waals surface area contributed by atoms with Gasteiger partial charge >= 0.3 is 0 Å². The minimum Gasteiger partial charge on any atom is -0.0656 e. The van der Waals surface area contributed by atoms with Crippen molar-refractivity contribution >= 4 is 0 Å². The fourth-order valence-corrected chi connectivity index (χ4v) is 3.67. The zero-order valence-corrected chi connectivity index (χ0v) is 16.6. The first-order valence-electron chi connectivity index (χ1n) is 8.93. The van der Waals surface area contributed by atoms with Crippen LogP contribution >= 0.6 is 0 Å². The molecule has 0 saturated carbocycles. The maximum Gasteiger partial charge on any atom is -0.000934 e. The van der Waals surface area contributed by atoms with E-state index in [1.54, 1.807) is 33.4 Å². The Balaban J connectivity index is 0.000000745. The molecule has 0 N–H and O–H groups in total. The summed E-state index contributed by atoms with van der Waals surface area (Å²) in [5.74, 6) is 1.27. The molecule has 0 aromatic heterocycles. The minimum absolute atomic E-state index is 0.633. The van der Waals surface area contributed by atoms with Crippen LogP contribution in [0.3, 0.4) is 0 Å². The van der Waals surface area contributed by atoms with Crippen molar-refractivity contribution in [1.29, 1.82) is 0 Å². The van der Waals surface area contributed by atoms with E-state index in [0.717, 1.165) is 0 Å². The summed E-state index contributed by atoms with van der Waals surface area (Å²) in [7, 11) is 0. The highest BCUT2D eigenvalue weighted by atomic mass is 14.3. The Morgan fingerprint density at radius 2 is 0.864 bits per heavy atom. The van der Waals surface area contributed by atoms with Gasteiger partial charge in [0.15, 0.2) is 0 Å². The molecule has 0 heteroatoms. The van der Waals surface area contributed by atoms with Crippen LogP contribution in [0.4, 0.5) is 0 Å². The van der Waals surface area contributed by atoms with Gasteiger partial charge in [-0.05, 0) is 82.1 Å². The molecule has 2 aliphatic rings. The topological polar surface area (TPSA) is 0 Å². The smallest absolute Gasteiger partial charge is 0.000934 e. The fraction of sp³-hybridized carbons (Fsp3) is 0.636. The molecule has 2 aliphatic carbocycles. The van der Waals surface area contributed by atoms with Crippen molar-refractivity contribution in [2.24, 2.45) is 11.8 Å². The third kappa shape index (κ3) is 3.31. The van der Waals surface area contributed by atoms with Gasteiger partial charge in [-0.15, -0.1) is 0 Å². The van der Waals surface area contributed by atoms with Crippen molar-refractivity contribution in [2.45, 2.75) is 82.1 Å². The highest BCUT2D eigenvalue weighted by Crippen LogP contribution is 2.45. The molecule has 2 rings (SSSR count). The van der Waals surface area contributed by atoms with Gasteiger partial charge in [-0.25, -0.2) is 0 Å². The lowest BCUT2D eigenvalue weighted by Crippen LogP contribution is -2.04. The second kappa shape index (κ2) is 7.49. The van der Waals surface area contributed by atoms with Crippen LogP contribution in [0.5, 0.6) is 0 Å². The Labute approximate surface area is 139 Å². The van der Waals surface area contributed by atoms with E-state index in [-0.39, 0.29) is 0 Å². The van der Waals surface area contributed by atoms with Gasteiger partial charge < -0.3 is 0 Å². The summed E-state index contributed by atoms with van der Waals surface area (Å²) in [6.07, 6.45) is 2.42. The molecule has 0 amide bonds. The molecule has 0 aliphatic heterocycles. The summed E-state index contributed by atoms with van der Waals surface area (Å²) in [5, 5.41) is 0. The molecular formula is C22H36. The zero-order chi connectivity index (χ0) is 17.2. The van der Waals surface area contributed by atoms with Crippen LogP contribution in [0.1, 0.15) is 82.1 Å². The van der Waals surface area contributed by atoms with E-state index < -0.39 is 0 Å². The van der Waals surface area contributed by atoms with E-state index in [4.69, 9.17) is 0 Å². The first-order chi connectivity index (χ1) is 10.2. The summed E-state index contributed by atoms with van der Waals surface area (Å²) in [6, 6.07) is 0. The molecule has 0 fully saturated rings. The Hall–Kier alpha value is -1.04. The maximum absolute atomic E-state index is 2.37. The van der Waals surface area contributed by atoms with Gasteiger partial charge in [0.05, 0.1) is 0 Å². The first-order valence-corrected chi connectivity index (χ1v) is 8.93. The van der Waals surface area contributed by atoms with E-state index in [2.05, 4.69) is 69.2 Å². The SMILES string of the molecule is CC1=C(C)C(C)C(CC2=C(C)C(C)=C(C)C2C)=C1C.CCC. The van der Waals surface area contributed by atoms with Crippen LogP contribution in [0.25, 0.3) is 0 Å². The average Bonchev–Trinajstić information content (AvgIpc) is 2.77. The van der Waals surface area contributed by atoms with Crippen LogP contribution < -0.4 is 0 Å². The van der Waals surface area contributed by atoms with Crippen molar-refractivity contribution in [3.63, 3.8) is 0 Å². The zero-order valence-electron chi connectivity index (χ0n) is 16.6. The third-order valence-corrected chi connectivity index (χ3v) is 6.00. The molecule has 2 atom stereocenters. The Morgan fingerprint density at radius 1 is 0.591 bits per heavy atom. The number of rotatable bonds is 2. The van der Waals surface area contributed by atoms with Gasteiger partial charge in [-0.3, -0.25) is 0 Å². The highest BCUT2D eigenvalue weighted by molar-refractivity contribution is 5.52. The van der Waals surface area contributed by atoms with Gasteiger partial charge in [-0.2, -0.15) is 0 Å². The summed E-state index contributed by atoms with van der Waals surface area (Å²) < 4.78 is 0. The average molecular weight is 301 g/mol. The van der Waals surface area contributed by atoms with Gasteiger partial charge in [0.2, 0.25) is 0 Å². The van der Waals surface area contributed by atoms with Gasteiger partial charge in [0, 0.05) is 0 Å². The Bertz CT molecular complexity index is 511. The normalized spacial score (nSPS) is 25.4. The standard InChI is InChI=1S/C19H28.C3H8/c1-10-11(2)15(6)18(14(10)5)9-19-16(7)12(3)13(4)17(19)8;1-3-2/h14,16H,9H2,1-8H3;3H2,1-2H3. The van der Waals surface area contributed by atoms with Crippen LogP contribution in [0.15, 0.2) is 44.6 Å². The molecule has 124 valence electrons. The quantitative estimate of drug-likeness (QED) is 0.498. The van der Waals surface area contributed by atoms with Gasteiger partial charge in [0.25, 0.3) is 0 Å². The van der Waals surface area contributed by atoms with Gasteiger partial charge in [-0.1, -0.05) is 56.4 Å². The summed E-state index contributed by atoms with van der Waals surface area (Å²) >= 11 is 0. The third-order valence-electron chi connectivity index (χ3n) is 6.00. The first kappa shape index (κ1) is 19.0. The molecule has 0 aromatic carbocycles. The second-order valence-electron chi connectivity index (χ2n) is 7.24. The summed E-state index contributed by atoms with van der Waals surface area (Å²) in [4.78, 5) is 0. The predicted octanol–water partition coefficient (Wildman–Crippen LogP) is 7.40. The lowest BCUT2D eigenvalue weighted by molar-refractivity contribution is 0.724. The van der Waals surface area contributed by atoms with Crippen molar-refractivity contribution in [3.05, 3.63) is 44.6 Å². The van der Waals surface area contributed by atoms with Crippen LogP contribution in [0, 0.1) is 11.8 Å². The van der Waals surface area contributed by atoms with E-state index in [1.807, 2.05) is 0 Å².